The predicted octanol–water partition coefficient (Wildman–Crippen LogP) is 1.08. The number of piperazine rings is 2. The lowest BCUT2D eigenvalue weighted by molar-refractivity contribution is 0.0740. The van der Waals surface area contributed by atoms with Crippen LogP contribution in [0.2, 0.25) is 0 Å². The van der Waals surface area contributed by atoms with Gasteiger partial charge in [0.15, 0.2) is 5.69 Å². The highest BCUT2D eigenvalue weighted by Crippen LogP contribution is 2.22. The molecule has 2 fully saturated rings. The first-order chi connectivity index (χ1) is 16.1. The molecule has 0 spiro atoms. The zero-order valence-corrected chi connectivity index (χ0v) is 19.1. The van der Waals surface area contributed by atoms with Gasteiger partial charge in [-0.2, -0.15) is 9.90 Å². The Morgan fingerprint density at radius 3 is 2.09 bits per heavy atom. The molecule has 33 heavy (non-hydrogen) atoms. The Hall–Kier alpha value is -3.53. The second kappa shape index (κ2) is 9.14. The number of carbonyl (C=O) groups is 1. The highest BCUT2D eigenvalue weighted by Gasteiger charge is 2.26. The van der Waals surface area contributed by atoms with Gasteiger partial charge in [0.25, 0.3) is 5.91 Å². The lowest BCUT2D eigenvalue weighted by Crippen LogP contribution is -2.49. The van der Waals surface area contributed by atoms with Crippen molar-refractivity contribution in [3.8, 4) is 5.69 Å². The average molecular weight is 448 g/mol. The maximum Gasteiger partial charge on any atom is 0.276 e. The van der Waals surface area contributed by atoms with Crippen molar-refractivity contribution in [1.29, 1.82) is 0 Å². The third-order valence-corrected chi connectivity index (χ3v) is 6.23. The average Bonchev–Trinajstić information content (AvgIpc) is 3.35. The molecule has 2 saturated heterocycles. The Bertz CT molecular complexity index is 1100. The van der Waals surface area contributed by atoms with Crippen molar-refractivity contribution in [1.82, 2.24) is 34.8 Å². The fraction of sp³-hybridized carbons (Fsp3) is 0.435. The standard InChI is InChI=1S/C23H29N9O/c1-18-25-21(29-10-8-28(2)9-11-29)16-22(26-18)30-12-14-31(15-13-30)23(33)20-17-24-32(27-20)19-6-4-3-5-7-19/h3-7,16-17H,8-15H2,1-2H3. The Balaban J connectivity index is 1.23. The zero-order chi connectivity index (χ0) is 22.8. The Labute approximate surface area is 193 Å². The number of hydrogen-bond acceptors (Lipinski definition) is 8. The molecule has 10 nitrogen and oxygen atoms in total. The van der Waals surface area contributed by atoms with Crippen LogP contribution in [0.5, 0.6) is 0 Å². The van der Waals surface area contributed by atoms with Crippen LogP contribution in [0.4, 0.5) is 11.6 Å². The molecule has 10 heteroatoms. The molecule has 0 saturated carbocycles. The molecular weight excluding hydrogens is 418 g/mol. The van der Waals surface area contributed by atoms with E-state index in [1.54, 1.807) is 0 Å². The van der Waals surface area contributed by atoms with E-state index in [0.717, 1.165) is 62.4 Å². The van der Waals surface area contributed by atoms with Gasteiger partial charge in [0.1, 0.15) is 17.5 Å². The highest BCUT2D eigenvalue weighted by atomic mass is 16.2. The number of anilines is 2. The minimum absolute atomic E-state index is 0.0891. The summed E-state index contributed by atoms with van der Waals surface area (Å²) in [4.78, 5) is 32.6. The van der Waals surface area contributed by atoms with E-state index in [2.05, 4.69) is 48.0 Å². The predicted molar refractivity (Wildman–Crippen MR) is 126 cm³/mol. The number of hydrogen-bond donors (Lipinski definition) is 0. The first-order valence-electron chi connectivity index (χ1n) is 11.4. The summed E-state index contributed by atoms with van der Waals surface area (Å²) in [6.45, 7) is 8.62. The van der Waals surface area contributed by atoms with Crippen LogP contribution in [-0.2, 0) is 0 Å². The fourth-order valence-corrected chi connectivity index (χ4v) is 4.24. The lowest BCUT2D eigenvalue weighted by atomic mass is 10.2. The van der Waals surface area contributed by atoms with E-state index in [4.69, 9.17) is 0 Å². The van der Waals surface area contributed by atoms with Gasteiger partial charge < -0.3 is 19.6 Å². The first kappa shape index (κ1) is 21.3. The number of likely N-dealkylation sites (N-methyl/N-ethyl adjacent to an activating group) is 1. The van der Waals surface area contributed by atoms with Crippen LogP contribution in [0.25, 0.3) is 5.69 Å². The number of amides is 1. The van der Waals surface area contributed by atoms with Gasteiger partial charge in [-0.05, 0) is 26.1 Å². The third kappa shape index (κ3) is 4.65. The monoisotopic (exact) mass is 447 g/mol. The second-order valence-corrected chi connectivity index (χ2v) is 8.56. The molecule has 172 valence electrons. The Morgan fingerprint density at radius 1 is 0.848 bits per heavy atom. The summed E-state index contributed by atoms with van der Waals surface area (Å²) < 4.78 is 0. The van der Waals surface area contributed by atoms with Gasteiger partial charge in [-0.25, -0.2) is 9.97 Å². The molecule has 2 aromatic heterocycles. The van der Waals surface area contributed by atoms with Gasteiger partial charge in [-0.15, -0.1) is 5.10 Å². The summed E-state index contributed by atoms with van der Waals surface area (Å²) in [6, 6.07) is 11.7. The molecule has 2 aliphatic heterocycles. The normalized spacial score (nSPS) is 17.5. The van der Waals surface area contributed by atoms with E-state index in [1.807, 2.05) is 42.2 Å². The highest BCUT2D eigenvalue weighted by molar-refractivity contribution is 5.92. The Kier molecular flexibility index (Phi) is 5.91. The van der Waals surface area contributed by atoms with E-state index >= 15 is 0 Å². The van der Waals surface area contributed by atoms with Crippen molar-refractivity contribution in [2.75, 3.05) is 69.2 Å². The molecule has 0 radical (unpaired) electrons. The number of para-hydroxylation sites is 1. The van der Waals surface area contributed by atoms with Crippen molar-refractivity contribution in [3.63, 3.8) is 0 Å². The molecule has 5 rings (SSSR count). The quantitative estimate of drug-likeness (QED) is 0.587. The largest absolute Gasteiger partial charge is 0.354 e. The van der Waals surface area contributed by atoms with E-state index in [1.165, 1.54) is 11.0 Å². The van der Waals surface area contributed by atoms with Crippen molar-refractivity contribution < 1.29 is 4.79 Å². The smallest absolute Gasteiger partial charge is 0.276 e. The summed E-state index contributed by atoms with van der Waals surface area (Å²) >= 11 is 0. The van der Waals surface area contributed by atoms with Crippen LogP contribution in [0.15, 0.2) is 42.6 Å². The van der Waals surface area contributed by atoms with Crippen molar-refractivity contribution in [3.05, 3.63) is 54.1 Å². The van der Waals surface area contributed by atoms with Crippen LogP contribution < -0.4 is 9.80 Å². The minimum atomic E-state index is -0.0891. The molecule has 0 unspecified atom stereocenters. The zero-order valence-electron chi connectivity index (χ0n) is 19.1. The molecule has 3 aromatic rings. The minimum Gasteiger partial charge on any atom is -0.354 e. The number of nitrogens with zero attached hydrogens (tertiary/aromatic N) is 9. The van der Waals surface area contributed by atoms with Crippen LogP contribution >= 0.6 is 0 Å². The van der Waals surface area contributed by atoms with Gasteiger partial charge in [0.2, 0.25) is 0 Å². The first-order valence-corrected chi connectivity index (χ1v) is 11.4. The maximum atomic E-state index is 13.0. The number of rotatable bonds is 4. The van der Waals surface area contributed by atoms with Gasteiger partial charge in [0, 0.05) is 58.4 Å². The molecular formula is C23H29N9O. The van der Waals surface area contributed by atoms with Gasteiger partial charge in [0.05, 0.1) is 11.9 Å². The topological polar surface area (TPSA) is 86.5 Å². The summed E-state index contributed by atoms with van der Waals surface area (Å²) in [5.41, 5.74) is 1.19. The van der Waals surface area contributed by atoms with Gasteiger partial charge in [-0.3, -0.25) is 4.79 Å². The van der Waals surface area contributed by atoms with E-state index < -0.39 is 0 Å². The summed E-state index contributed by atoms with van der Waals surface area (Å²) in [5, 5.41) is 8.64. The molecule has 0 aliphatic carbocycles. The van der Waals surface area contributed by atoms with Crippen LogP contribution in [0.1, 0.15) is 16.3 Å². The third-order valence-electron chi connectivity index (χ3n) is 6.23. The second-order valence-electron chi connectivity index (χ2n) is 8.56. The molecule has 1 aromatic carbocycles. The summed E-state index contributed by atoms with van der Waals surface area (Å²) in [7, 11) is 2.15. The SMILES string of the molecule is Cc1nc(N2CCN(C)CC2)cc(N2CCN(C(=O)c3cnn(-c4ccccc4)n3)CC2)n1. The van der Waals surface area contributed by atoms with Gasteiger partial charge in [-0.1, -0.05) is 18.2 Å². The van der Waals surface area contributed by atoms with Gasteiger partial charge >= 0.3 is 0 Å². The van der Waals surface area contributed by atoms with E-state index in [0.29, 0.717) is 18.8 Å². The van der Waals surface area contributed by atoms with Crippen molar-refractivity contribution in [2.45, 2.75) is 6.92 Å². The van der Waals surface area contributed by atoms with Crippen LogP contribution in [-0.4, -0.2) is 100 Å². The van der Waals surface area contributed by atoms with E-state index in [-0.39, 0.29) is 5.91 Å². The maximum absolute atomic E-state index is 13.0. The fourth-order valence-electron chi connectivity index (χ4n) is 4.24. The molecule has 4 heterocycles. The number of aromatic nitrogens is 5. The summed E-state index contributed by atoms with van der Waals surface area (Å²) in [5.74, 6) is 2.60. The van der Waals surface area contributed by atoms with Crippen molar-refractivity contribution in [2.24, 2.45) is 0 Å². The van der Waals surface area contributed by atoms with Crippen LogP contribution in [0.3, 0.4) is 0 Å². The lowest BCUT2D eigenvalue weighted by Gasteiger charge is -2.36. The number of carbonyl (C=O) groups excluding carboxylic acids is 1. The van der Waals surface area contributed by atoms with Crippen LogP contribution in [0, 0.1) is 6.92 Å². The molecule has 1 amide bonds. The number of aryl methyl sites for hydroxylation is 1. The number of benzene rings is 1. The molecule has 0 N–H and O–H groups in total. The van der Waals surface area contributed by atoms with Crippen molar-refractivity contribution >= 4 is 17.5 Å². The van der Waals surface area contributed by atoms with E-state index in [9.17, 15) is 4.79 Å². The molecule has 2 aliphatic rings. The molecule has 0 atom stereocenters. The Morgan fingerprint density at radius 2 is 1.45 bits per heavy atom. The molecule has 0 bridgehead atoms. The summed E-state index contributed by atoms with van der Waals surface area (Å²) in [6.07, 6.45) is 1.54.